The zero-order valence-electron chi connectivity index (χ0n) is 38.0. The maximum atomic E-state index is 7.21. The van der Waals surface area contributed by atoms with Crippen LogP contribution in [0.1, 0.15) is 0 Å². The molecule has 0 aliphatic carbocycles. The number of rotatable bonds is 3. The van der Waals surface area contributed by atoms with Gasteiger partial charge in [-0.3, -0.25) is 0 Å². The van der Waals surface area contributed by atoms with Crippen LogP contribution in [0.3, 0.4) is 0 Å². The van der Waals surface area contributed by atoms with E-state index in [0.717, 1.165) is 11.2 Å². The SMILES string of the molecule is Bc1c(-c2cc(-c3ccc4ccc5cccc6ccc3c4c56)cc(-c3ccc4ccc5cccc6ccc3c4c56)c2)c(B)c2c(oc3c4c(B)c(B)c(B)c(B)c4c(B)c(B)c32)c1B. The third-order valence-corrected chi connectivity index (χ3v) is 16.1. The van der Waals surface area contributed by atoms with Gasteiger partial charge in [-0.15, -0.1) is 10.9 Å². The Morgan fingerprint density at radius 3 is 1.16 bits per heavy atom. The molecule has 10 heteroatoms. The minimum Gasteiger partial charge on any atom is -0.456 e. The van der Waals surface area contributed by atoms with Crippen molar-refractivity contribution in [3.05, 3.63) is 127 Å². The number of hydrogen-bond acceptors (Lipinski definition) is 1. The molecule has 13 aromatic rings. The lowest BCUT2D eigenvalue weighted by Gasteiger charge is -2.21. The zero-order valence-corrected chi connectivity index (χ0v) is 38.0. The second-order valence-electron chi connectivity index (χ2n) is 19.0. The molecule has 0 saturated carbocycles. The first kappa shape index (κ1) is 37.9. The van der Waals surface area contributed by atoms with E-state index in [4.69, 9.17) is 4.42 Å². The highest BCUT2D eigenvalue weighted by Gasteiger charge is 2.26. The van der Waals surface area contributed by atoms with Crippen molar-refractivity contribution in [3.8, 4) is 33.4 Å². The van der Waals surface area contributed by atoms with Gasteiger partial charge in [0.2, 0.25) is 0 Å². The van der Waals surface area contributed by atoms with E-state index in [0.29, 0.717) is 0 Å². The molecule has 0 N–H and O–H groups in total. The molecule has 1 nitrogen and oxygen atoms in total. The van der Waals surface area contributed by atoms with Crippen LogP contribution in [0.25, 0.3) is 131 Å². The first-order chi connectivity index (χ1) is 31.0. The summed E-state index contributed by atoms with van der Waals surface area (Å²) in [4.78, 5) is 0. The number of furan rings is 1. The Balaban J connectivity index is 1.15. The standard InChI is InChI=1S/C54H39B9O/c55-44-39(45(56)52(63)54-42(44)43-48(59)46(57)40-41(53(43)64-54)49(60)51(62)50(61)47(40)58)30-20-28(31-15-11-26-9-7-22-3-1-5-24-13-17-33(31)37(26)35(22)24)19-29(21-30)32-16-12-27-10-8-23-4-2-6-25-14-18-34(32)38(27)36(23)25/h1-21H,55-63H2. The molecule has 13 rings (SSSR count). The molecule has 0 amide bonds. The molecular weight excluding hydrogens is 762 g/mol. The van der Waals surface area contributed by atoms with Gasteiger partial charge in [0, 0.05) is 16.2 Å². The van der Waals surface area contributed by atoms with Gasteiger partial charge < -0.3 is 4.42 Å². The van der Waals surface area contributed by atoms with E-state index in [-0.39, 0.29) is 0 Å². The molecule has 0 atom stereocenters. The van der Waals surface area contributed by atoms with Gasteiger partial charge >= 0.3 is 0 Å². The van der Waals surface area contributed by atoms with E-state index in [1.807, 2.05) is 0 Å². The fourth-order valence-corrected chi connectivity index (χ4v) is 12.3. The molecule has 0 saturated heterocycles. The molecule has 64 heavy (non-hydrogen) atoms. The highest BCUT2D eigenvalue weighted by Crippen LogP contribution is 2.44. The second-order valence-corrected chi connectivity index (χ2v) is 19.0. The highest BCUT2D eigenvalue weighted by atomic mass is 16.3. The first-order valence-electron chi connectivity index (χ1n) is 22.8. The Hall–Kier alpha value is -6.64. The molecule has 0 aliphatic rings. The number of benzene rings is 12. The average molecular weight is 801 g/mol. The summed E-state index contributed by atoms with van der Waals surface area (Å²) in [6, 6.07) is 48.6. The van der Waals surface area contributed by atoms with Gasteiger partial charge in [-0.05, 0) is 122 Å². The van der Waals surface area contributed by atoms with Crippen molar-refractivity contribution in [2.45, 2.75) is 0 Å². The van der Waals surface area contributed by atoms with E-state index in [1.165, 1.54) is 169 Å². The molecule has 0 spiro atoms. The Bertz CT molecular complexity index is 4050. The molecule has 1 aromatic heterocycles. The third-order valence-electron chi connectivity index (χ3n) is 16.1. The van der Waals surface area contributed by atoms with Gasteiger partial charge in [0.1, 0.15) is 81.8 Å². The van der Waals surface area contributed by atoms with Crippen LogP contribution in [0, 0.1) is 0 Å². The summed E-state index contributed by atoms with van der Waals surface area (Å²) < 4.78 is 7.21. The summed E-state index contributed by atoms with van der Waals surface area (Å²) in [7, 11) is 20.7. The number of fused-ring (bicyclic) bond motifs is 5. The highest BCUT2D eigenvalue weighted by molar-refractivity contribution is 6.72. The van der Waals surface area contributed by atoms with E-state index < -0.39 is 0 Å². The van der Waals surface area contributed by atoms with Gasteiger partial charge in [-0.2, -0.15) is 0 Å². The third kappa shape index (κ3) is 4.87. The summed E-state index contributed by atoms with van der Waals surface area (Å²) in [5.41, 5.74) is 21.3. The summed E-state index contributed by atoms with van der Waals surface area (Å²) in [6.45, 7) is 0. The smallest absolute Gasteiger partial charge is 0.143 e. The summed E-state index contributed by atoms with van der Waals surface area (Å²) in [6.07, 6.45) is 0. The lowest BCUT2D eigenvalue weighted by atomic mass is 9.61. The van der Waals surface area contributed by atoms with Crippen LogP contribution in [0.5, 0.6) is 0 Å². The van der Waals surface area contributed by atoms with Gasteiger partial charge in [0.05, 0.1) is 0 Å². The zero-order chi connectivity index (χ0) is 43.6. The quantitative estimate of drug-likeness (QED) is 0.180. The van der Waals surface area contributed by atoms with Crippen LogP contribution in [-0.2, 0) is 0 Å². The first-order valence-corrected chi connectivity index (χ1v) is 22.8. The fraction of sp³-hybridized carbons (Fsp3) is 0. The Morgan fingerprint density at radius 1 is 0.266 bits per heavy atom. The molecule has 0 fully saturated rings. The Morgan fingerprint density at radius 2 is 0.641 bits per heavy atom. The molecule has 0 bridgehead atoms. The predicted molar refractivity (Wildman–Crippen MR) is 309 cm³/mol. The average Bonchev–Trinajstić information content (AvgIpc) is 3.73. The topological polar surface area (TPSA) is 13.1 Å². The molecule has 1 heterocycles. The van der Waals surface area contributed by atoms with Gasteiger partial charge in [-0.1, -0.05) is 147 Å². The van der Waals surface area contributed by atoms with Crippen LogP contribution in [0.4, 0.5) is 0 Å². The van der Waals surface area contributed by atoms with Crippen molar-refractivity contribution >= 4 is 217 Å². The van der Waals surface area contributed by atoms with E-state index in [9.17, 15) is 0 Å². The van der Waals surface area contributed by atoms with E-state index >= 15 is 0 Å². The second kappa shape index (κ2) is 13.2. The normalized spacial score (nSPS) is 12.3. The number of hydrogen-bond donors (Lipinski definition) is 0. The summed E-state index contributed by atoms with van der Waals surface area (Å²) in [5.74, 6) is 0. The lowest BCUT2D eigenvalue weighted by Crippen LogP contribution is -2.50. The van der Waals surface area contributed by atoms with Crippen molar-refractivity contribution in [1.29, 1.82) is 0 Å². The van der Waals surface area contributed by atoms with Gasteiger partial charge in [-0.25, -0.2) is 0 Å². The minimum atomic E-state index is 1.01. The Kier molecular flexibility index (Phi) is 7.82. The van der Waals surface area contributed by atoms with Crippen molar-refractivity contribution in [2.75, 3.05) is 0 Å². The van der Waals surface area contributed by atoms with Crippen molar-refractivity contribution in [3.63, 3.8) is 0 Å². The fourth-order valence-electron chi connectivity index (χ4n) is 12.3. The van der Waals surface area contributed by atoms with Crippen molar-refractivity contribution < 1.29 is 4.42 Å². The van der Waals surface area contributed by atoms with E-state index in [2.05, 4.69) is 198 Å². The van der Waals surface area contributed by atoms with Crippen LogP contribution < -0.4 is 49.2 Å². The molecular formula is C54H39B9O. The van der Waals surface area contributed by atoms with E-state index in [1.54, 1.807) is 0 Å². The monoisotopic (exact) mass is 802 g/mol. The van der Waals surface area contributed by atoms with Crippen LogP contribution in [0.15, 0.2) is 132 Å². The molecule has 0 unspecified atom stereocenters. The van der Waals surface area contributed by atoms with Crippen molar-refractivity contribution in [1.82, 2.24) is 0 Å². The van der Waals surface area contributed by atoms with Gasteiger partial charge in [0.15, 0.2) is 0 Å². The molecule has 0 aliphatic heterocycles. The lowest BCUT2D eigenvalue weighted by molar-refractivity contribution is 0.676. The van der Waals surface area contributed by atoms with Crippen LogP contribution in [0.2, 0.25) is 0 Å². The molecule has 288 valence electrons. The maximum Gasteiger partial charge on any atom is 0.143 e. The van der Waals surface area contributed by atoms with Gasteiger partial charge in [0.25, 0.3) is 0 Å². The summed E-state index contributed by atoms with van der Waals surface area (Å²) in [5, 5.41) is 20.7. The summed E-state index contributed by atoms with van der Waals surface area (Å²) >= 11 is 0. The molecule has 0 radical (unpaired) electrons. The predicted octanol–water partition coefficient (Wildman–Crippen LogP) is -0.139. The van der Waals surface area contributed by atoms with Crippen LogP contribution >= 0.6 is 0 Å². The maximum absolute atomic E-state index is 7.21. The largest absolute Gasteiger partial charge is 0.456 e. The molecule has 12 aromatic carbocycles. The minimum absolute atomic E-state index is 1.01. The Labute approximate surface area is 380 Å². The van der Waals surface area contributed by atoms with Crippen LogP contribution in [-0.4, -0.2) is 70.6 Å². The van der Waals surface area contributed by atoms with Crippen molar-refractivity contribution in [2.24, 2.45) is 0 Å².